The molecule has 142 valence electrons. The van der Waals surface area contributed by atoms with Gasteiger partial charge in [0.15, 0.2) is 5.65 Å². The minimum atomic E-state index is 0.0545. The molecule has 0 atom stereocenters. The minimum Gasteiger partial charge on any atom is -0.356 e. The number of hydrogen-bond acceptors (Lipinski definition) is 3. The first-order valence-corrected chi connectivity index (χ1v) is 9.55. The summed E-state index contributed by atoms with van der Waals surface area (Å²) in [6.07, 6.45) is 1.90. The number of nitrogens with one attached hydrogen (secondary N) is 1. The molecule has 1 aromatic carbocycles. The smallest absolute Gasteiger partial charge is 0.220 e. The van der Waals surface area contributed by atoms with Gasteiger partial charge >= 0.3 is 0 Å². The molecule has 0 saturated heterocycles. The second-order valence-corrected chi connectivity index (χ2v) is 7.37. The quantitative estimate of drug-likeness (QED) is 0.702. The average Bonchev–Trinajstić information content (AvgIpc) is 2.88. The molecular formula is C21H25ClN4O. The molecule has 2 heterocycles. The van der Waals surface area contributed by atoms with Crippen LogP contribution in [0.25, 0.3) is 11.0 Å². The number of rotatable bonds is 6. The van der Waals surface area contributed by atoms with Gasteiger partial charge in [0.05, 0.1) is 5.69 Å². The van der Waals surface area contributed by atoms with Gasteiger partial charge in [0, 0.05) is 36.1 Å². The highest BCUT2D eigenvalue weighted by Gasteiger charge is 2.16. The predicted octanol–water partition coefficient (Wildman–Crippen LogP) is 3.84. The van der Waals surface area contributed by atoms with Crippen molar-refractivity contribution in [3.63, 3.8) is 0 Å². The fourth-order valence-corrected chi connectivity index (χ4v) is 3.81. The molecule has 6 heteroatoms. The van der Waals surface area contributed by atoms with Crippen LogP contribution in [0.5, 0.6) is 0 Å². The number of hydrogen-bond donors (Lipinski definition) is 1. The van der Waals surface area contributed by atoms with Gasteiger partial charge < -0.3 is 5.32 Å². The van der Waals surface area contributed by atoms with Gasteiger partial charge in [0.25, 0.3) is 0 Å². The number of carbonyl (C=O) groups is 1. The lowest BCUT2D eigenvalue weighted by Gasteiger charge is -2.11. The maximum absolute atomic E-state index is 12.3. The van der Waals surface area contributed by atoms with Crippen LogP contribution >= 0.6 is 11.6 Å². The zero-order chi connectivity index (χ0) is 19.6. The Morgan fingerprint density at radius 2 is 1.96 bits per heavy atom. The zero-order valence-electron chi connectivity index (χ0n) is 16.3. The van der Waals surface area contributed by atoms with E-state index in [4.69, 9.17) is 16.6 Å². The van der Waals surface area contributed by atoms with Crippen LogP contribution < -0.4 is 5.32 Å². The third-order valence-corrected chi connectivity index (χ3v) is 5.19. The van der Waals surface area contributed by atoms with Crippen LogP contribution in [0.4, 0.5) is 0 Å². The molecular weight excluding hydrogens is 360 g/mol. The van der Waals surface area contributed by atoms with E-state index in [1.165, 1.54) is 5.56 Å². The fourth-order valence-electron chi connectivity index (χ4n) is 3.60. The van der Waals surface area contributed by atoms with Crippen molar-refractivity contribution < 1.29 is 4.79 Å². The van der Waals surface area contributed by atoms with E-state index < -0.39 is 0 Å². The topological polar surface area (TPSA) is 59.8 Å². The van der Waals surface area contributed by atoms with E-state index in [2.05, 4.69) is 17.3 Å². The molecule has 5 nitrogen and oxygen atoms in total. The standard InChI is InChI=1S/C21H25ClN4O/c1-13-18(14(2)24-21-20(13)15(3)25-26(21)4)8-9-19(27)23-11-10-16-6-5-7-17(22)12-16/h5-7,12H,8-11H2,1-4H3,(H,23,27). The van der Waals surface area contributed by atoms with Crippen molar-refractivity contribution in [1.29, 1.82) is 0 Å². The number of carbonyl (C=O) groups excluding carboxylic acids is 1. The van der Waals surface area contributed by atoms with E-state index in [1.54, 1.807) is 0 Å². The number of fused-ring (bicyclic) bond motifs is 1. The summed E-state index contributed by atoms with van der Waals surface area (Å²) in [6, 6.07) is 7.72. The predicted molar refractivity (Wildman–Crippen MR) is 109 cm³/mol. The van der Waals surface area contributed by atoms with E-state index in [-0.39, 0.29) is 5.91 Å². The monoisotopic (exact) mass is 384 g/mol. The number of aromatic nitrogens is 3. The summed E-state index contributed by atoms with van der Waals surface area (Å²) in [7, 11) is 1.91. The van der Waals surface area contributed by atoms with Gasteiger partial charge in [-0.25, -0.2) is 4.98 Å². The third-order valence-electron chi connectivity index (χ3n) is 4.96. The Kier molecular flexibility index (Phi) is 5.80. The second kappa shape index (κ2) is 8.09. The third kappa shape index (κ3) is 4.30. The normalized spacial score (nSPS) is 11.1. The Morgan fingerprint density at radius 1 is 1.19 bits per heavy atom. The van der Waals surface area contributed by atoms with Crippen molar-refractivity contribution in [2.45, 2.75) is 40.0 Å². The van der Waals surface area contributed by atoms with Crippen molar-refractivity contribution in [3.05, 3.63) is 57.4 Å². The minimum absolute atomic E-state index is 0.0545. The van der Waals surface area contributed by atoms with E-state index in [9.17, 15) is 4.79 Å². The number of pyridine rings is 1. The first-order valence-electron chi connectivity index (χ1n) is 9.17. The summed E-state index contributed by atoms with van der Waals surface area (Å²) < 4.78 is 1.82. The van der Waals surface area contributed by atoms with Crippen molar-refractivity contribution in [3.8, 4) is 0 Å². The molecule has 27 heavy (non-hydrogen) atoms. The second-order valence-electron chi connectivity index (χ2n) is 6.94. The van der Waals surface area contributed by atoms with Crippen molar-refractivity contribution >= 4 is 28.5 Å². The maximum atomic E-state index is 12.3. The van der Waals surface area contributed by atoms with Crippen LogP contribution in [-0.4, -0.2) is 27.2 Å². The van der Waals surface area contributed by atoms with Gasteiger partial charge in [0.2, 0.25) is 5.91 Å². The van der Waals surface area contributed by atoms with Crippen LogP contribution in [0.2, 0.25) is 5.02 Å². The van der Waals surface area contributed by atoms with Gasteiger partial charge in [-0.2, -0.15) is 5.10 Å². The summed E-state index contributed by atoms with van der Waals surface area (Å²) in [4.78, 5) is 17.0. The summed E-state index contributed by atoms with van der Waals surface area (Å²) in [6.45, 7) is 6.70. The van der Waals surface area contributed by atoms with Gasteiger partial charge in [0.1, 0.15) is 0 Å². The molecule has 1 N–H and O–H groups in total. The lowest BCUT2D eigenvalue weighted by Crippen LogP contribution is -2.26. The molecule has 1 amide bonds. The van der Waals surface area contributed by atoms with Crippen LogP contribution in [-0.2, 0) is 24.7 Å². The highest BCUT2D eigenvalue weighted by molar-refractivity contribution is 6.30. The van der Waals surface area contributed by atoms with E-state index in [1.807, 2.05) is 49.8 Å². The summed E-state index contributed by atoms with van der Waals surface area (Å²) in [5.41, 5.74) is 6.28. The molecule has 0 fully saturated rings. The number of amides is 1. The summed E-state index contributed by atoms with van der Waals surface area (Å²) in [5.74, 6) is 0.0545. The SMILES string of the molecule is Cc1nc2c(c(C)nn2C)c(C)c1CCC(=O)NCCc1cccc(Cl)c1. The van der Waals surface area contributed by atoms with E-state index >= 15 is 0 Å². The molecule has 0 aliphatic heterocycles. The molecule has 0 saturated carbocycles. The van der Waals surface area contributed by atoms with Crippen LogP contribution in [0.15, 0.2) is 24.3 Å². The average molecular weight is 385 g/mol. The van der Waals surface area contributed by atoms with Gasteiger partial charge in [-0.1, -0.05) is 23.7 Å². The molecule has 2 aromatic heterocycles. The number of halogens is 1. The molecule has 0 spiro atoms. The first kappa shape index (κ1) is 19.4. The zero-order valence-corrected chi connectivity index (χ0v) is 17.0. The molecule has 0 aliphatic rings. The Hall–Kier alpha value is -2.40. The summed E-state index contributed by atoms with van der Waals surface area (Å²) >= 11 is 5.99. The first-order chi connectivity index (χ1) is 12.9. The Bertz CT molecular complexity index is 994. The number of nitrogens with zero attached hydrogens (tertiary/aromatic N) is 3. The molecule has 0 unspecified atom stereocenters. The van der Waals surface area contributed by atoms with Crippen LogP contribution in [0, 0.1) is 20.8 Å². The highest BCUT2D eigenvalue weighted by Crippen LogP contribution is 2.25. The molecule has 3 aromatic rings. The molecule has 0 radical (unpaired) electrons. The number of aryl methyl sites for hydroxylation is 4. The highest BCUT2D eigenvalue weighted by atomic mass is 35.5. The Balaban J connectivity index is 1.61. The number of benzene rings is 1. The molecule has 0 bridgehead atoms. The summed E-state index contributed by atoms with van der Waals surface area (Å²) in [5, 5.41) is 9.28. The van der Waals surface area contributed by atoms with Crippen molar-refractivity contribution in [2.75, 3.05) is 6.54 Å². The maximum Gasteiger partial charge on any atom is 0.220 e. The van der Waals surface area contributed by atoms with Crippen molar-refractivity contribution in [2.24, 2.45) is 7.05 Å². The van der Waals surface area contributed by atoms with E-state index in [0.29, 0.717) is 19.4 Å². The molecule has 0 aliphatic carbocycles. The van der Waals surface area contributed by atoms with Crippen LogP contribution in [0.3, 0.4) is 0 Å². The van der Waals surface area contributed by atoms with Gasteiger partial charge in [-0.15, -0.1) is 0 Å². The fraction of sp³-hybridized carbons (Fsp3) is 0.381. The van der Waals surface area contributed by atoms with Crippen LogP contribution in [0.1, 0.15) is 34.5 Å². The molecule has 3 rings (SSSR count). The lowest BCUT2D eigenvalue weighted by molar-refractivity contribution is -0.121. The lowest BCUT2D eigenvalue weighted by atomic mass is 9.99. The van der Waals surface area contributed by atoms with Gasteiger partial charge in [-0.05, 0) is 62.4 Å². The van der Waals surface area contributed by atoms with Crippen molar-refractivity contribution in [1.82, 2.24) is 20.1 Å². The van der Waals surface area contributed by atoms with E-state index in [0.717, 1.165) is 45.0 Å². The largest absolute Gasteiger partial charge is 0.356 e. The Morgan fingerprint density at radius 3 is 2.70 bits per heavy atom. The Labute approximate surface area is 164 Å². The van der Waals surface area contributed by atoms with Gasteiger partial charge in [-0.3, -0.25) is 9.48 Å².